The van der Waals surface area contributed by atoms with Crippen LogP contribution in [-0.4, -0.2) is 10.2 Å². The van der Waals surface area contributed by atoms with Crippen LogP contribution in [0.4, 0.5) is 0 Å². The molecule has 1 aliphatic carbocycles. The highest BCUT2D eigenvalue weighted by Gasteiger charge is 2.32. The van der Waals surface area contributed by atoms with E-state index in [0.717, 1.165) is 35.1 Å². The molecule has 0 unspecified atom stereocenters. The molecule has 0 aliphatic heterocycles. The average molecular weight is 317 g/mol. The Hall–Kier alpha value is -1.70. The Labute approximate surface area is 144 Å². The van der Waals surface area contributed by atoms with E-state index in [4.69, 9.17) is 4.11 Å². The summed E-state index contributed by atoms with van der Waals surface area (Å²) in [5, 5.41) is 21.8. The van der Waals surface area contributed by atoms with E-state index in [1.165, 1.54) is 0 Å². The summed E-state index contributed by atoms with van der Waals surface area (Å²) < 4.78 is 23.3. The van der Waals surface area contributed by atoms with Crippen LogP contribution in [0, 0.1) is 19.8 Å². The van der Waals surface area contributed by atoms with Crippen molar-refractivity contribution < 1.29 is 14.3 Å². The topological polar surface area (TPSA) is 40.5 Å². The van der Waals surface area contributed by atoms with Gasteiger partial charge < -0.3 is 10.2 Å². The van der Waals surface area contributed by atoms with Crippen molar-refractivity contribution in [2.24, 2.45) is 5.92 Å². The van der Waals surface area contributed by atoms with Gasteiger partial charge in [0, 0.05) is 15.6 Å². The minimum atomic E-state index is -2.16. The van der Waals surface area contributed by atoms with Crippen LogP contribution in [0.3, 0.4) is 0 Å². The van der Waals surface area contributed by atoms with Gasteiger partial charge in [-0.1, -0.05) is 37.1 Å². The van der Waals surface area contributed by atoms with Gasteiger partial charge in [0.1, 0.15) is 11.5 Å². The quantitative estimate of drug-likeness (QED) is 0.701. The number of aromatic hydroxyl groups is 2. The van der Waals surface area contributed by atoms with Crippen molar-refractivity contribution in [2.75, 3.05) is 0 Å². The Kier molecular flexibility index (Phi) is 4.07. The second kappa shape index (κ2) is 6.82. The molecule has 23 heavy (non-hydrogen) atoms. The number of phenolic OH excluding ortho intramolecular Hbond substituents is 2. The van der Waals surface area contributed by atoms with Crippen molar-refractivity contribution in [1.29, 1.82) is 0 Å². The third-order valence-corrected chi connectivity index (χ3v) is 5.13. The van der Waals surface area contributed by atoms with Crippen LogP contribution in [0.1, 0.15) is 72.2 Å². The summed E-state index contributed by atoms with van der Waals surface area (Å²) >= 11 is 0. The van der Waals surface area contributed by atoms with Gasteiger partial charge in [-0.15, -0.1) is 0 Å². The molecule has 0 heterocycles. The minimum absolute atomic E-state index is 0.00581. The number of hydrogen-bond acceptors (Lipinski definition) is 2. The molecule has 0 saturated heterocycles. The molecule has 2 nitrogen and oxygen atoms in total. The summed E-state index contributed by atoms with van der Waals surface area (Å²) in [5.41, 5.74) is 4.27. The van der Waals surface area contributed by atoms with E-state index >= 15 is 0 Å². The fraction of sp³-hybridized carbons (Fsp3) is 0.524. The monoisotopic (exact) mass is 317 g/mol. The lowest BCUT2D eigenvalue weighted by molar-refractivity contribution is 0.401. The van der Waals surface area contributed by atoms with E-state index in [1.54, 1.807) is 6.08 Å². The second-order valence-corrected chi connectivity index (χ2v) is 6.80. The Morgan fingerprint density at radius 1 is 1.30 bits per heavy atom. The molecular formula is C21H30O2. The van der Waals surface area contributed by atoms with E-state index in [-0.39, 0.29) is 23.3 Å². The lowest BCUT2D eigenvalue weighted by atomic mass is 9.72. The Morgan fingerprint density at radius 2 is 1.91 bits per heavy atom. The van der Waals surface area contributed by atoms with Crippen molar-refractivity contribution in [2.45, 2.75) is 66.1 Å². The van der Waals surface area contributed by atoms with Crippen LogP contribution in [0.25, 0.3) is 0 Å². The van der Waals surface area contributed by atoms with Gasteiger partial charge in [-0.25, -0.2) is 0 Å². The minimum Gasteiger partial charge on any atom is -0.507 e. The lowest BCUT2D eigenvalue weighted by Gasteiger charge is -2.32. The molecule has 2 rings (SSSR count). The first kappa shape index (κ1) is 13.7. The predicted molar refractivity (Wildman–Crippen MR) is 97.3 cm³/mol. The first-order valence-electron chi connectivity index (χ1n) is 9.91. The Balaban J connectivity index is 2.71. The van der Waals surface area contributed by atoms with E-state index in [2.05, 4.69) is 13.5 Å². The molecule has 0 fully saturated rings. The highest BCUT2D eigenvalue weighted by molar-refractivity contribution is 5.60. The first-order valence-corrected chi connectivity index (χ1v) is 8.41. The summed E-state index contributed by atoms with van der Waals surface area (Å²) in [6, 6.07) is 0. The summed E-state index contributed by atoms with van der Waals surface area (Å²) in [6.45, 7) is 9.61. The zero-order valence-electron chi connectivity index (χ0n) is 17.7. The second-order valence-electron chi connectivity index (χ2n) is 6.80. The molecule has 2 heteroatoms. The van der Waals surface area contributed by atoms with Crippen LogP contribution < -0.4 is 0 Å². The zero-order chi connectivity index (χ0) is 19.8. The molecule has 0 amide bonds. The summed E-state index contributed by atoms with van der Waals surface area (Å²) in [5.74, 6) is -0.231. The van der Waals surface area contributed by atoms with Crippen molar-refractivity contribution in [1.82, 2.24) is 0 Å². The fourth-order valence-corrected chi connectivity index (χ4v) is 3.77. The van der Waals surface area contributed by atoms with Gasteiger partial charge in [-0.05, 0) is 69.5 Å². The van der Waals surface area contributed by atoms with Gasteiger partial charge in [0.05, 0.1) is 0 Å². The normalized spacial score (nSPS) is 23.7. The van der Waals surface area contributed by atoms with Crippen LogP contribution >= 0.6 is 0 Å². The lowest BCUT2D eigenvalue weighted by Crippen LogP contribution is -2.18. The maximum Gasteiger partial charge on any atom is 0.126 e. The maximum absolute atomic E-state index is 10.9. The summed E-state index contributed by atoms with van der Waals surface area (Å²) in [4.78, 5) is 0. The average Bonchev–Trinajstić information content (AvgIpc) is 2.56. The molecule has 2 atom stereocenters. The zero-order valence-corrected chi connectivity index (χ0v) is 14.7. The Bertz CT molecular complexity index is 716. The molecular weight excluding hydrogens is 284 g/mol. The smallest absolute Gasteiger partial charge is 0.126 e. The number of hydrogen-bond donors (Lipinski definition) is 2. The molecule has 0 aromatic heterocycles. The van der Waals surface area contributed by atoms with E-state index in [9.17, 15) is 10.2 Å². The van der Waals surface area contributed by atoms with Crippen LogP contribution in [0.2, 0.25) is 0 Å². The summed E-state index contributed by atoms with van der Waals surface area (Å²) in [6.07, 6.45) is 4.56. The van der Waals surface area contributed by atoms with Gasteiger partial charge in [-0.2, -0.15) is 0 Å². The number of rotatable bonds is 4. The van der Waals surface area contributed by atoms with E-state index < -0.39 is 6.85 Å². The first-order chi connectivity index (χ1) is 12.0. The predicted octanol–water partition coefficient (Wildman–Crippen LogP) is 5.68. The van der Waals surface area contributed by atoms with Crippen molar-refractivity contribution >= 4 is 0 Å². The highest BCUT2D eigenvalue weighted by Crippen LogP contribution is 2.49. The molecule has 0 spiro atoms. The maximum atomic E-state index is 10.9. The molecule has 1 aromatic rings. The largest absolute Gasteiger partial charge is 0.507 e. The molecule has 1 aliphatic rings. The van der Waals surface area contributed by atoms with Gasteiger partial charge in [0.25, 0.3) is 0 Å². The third-order valence-electron chi connectivity index (χ3n) is 5.13. The van der Waals surface area contributed by atoms with Gasteiger partial charge in [0.2, 0.25) is 0 Å². The van der Waals surface area contributed by atoms with Gasteiger partial charge in [-0.3, -0.25) is 0 Å². The Morgan fingerprint density at radius 3 is 2.39 bits per heavy atom. The number of allylic oxidation sites excluding steroid dienone is 3. The third kappa shape index (κ3) is 3.17. The van der Waals surface area contributed by atoms with Crippen LogP contribution in [-0.2, 0) is 6.42 Å². The standard InChI is InChI=1S/C21H30O2/c1-7-8-17-14(5)20(22)19(21(23)15(17)6)18-11-13(4)9-10-16(18)12(2)3/h11,16,18,22-23H,2,7-10H2,1,3-6H3/t16-,18+/m0/s1/i4D3. The number of benzene rings is 1. The van der Waals surface area contributed by atoms with Gasteiger partial charge >= 0.3 is 0 Å². The molecule has 0 saturated carbocycles. The van der Waals surface area contributed by atoms with Crippen LogP contribution in [0.5, 0.6) is 11.5 Å². The van der Waals surface area contributed by atoms with Crippen LogP contribution in [0.15, 0.2) is 23.8 Å². The fourth-order valence-electron chi connectivity index (χ4n) is 3.77. The molecule has 0 bridgehead atoms. The molecule has 1 aromatic carbocycles. The van der Waals surface area contributed by atoms with Crippen molar-refractivity contribution in [3.05, 3.63) is 46.1 Å². The number of phenols is 2. The van der Waals surface area contributed by atoms with E-state index in [0.29, 0.717) is 24.0 Å². The summed E-state index contributed by atoms with van der Waals surface area (Å²) in [7, 11) is 0. The van der Waals surface area contributed by atoms with Crippen molar-refractivity contribution in [3.63, 3.8) is 0 Å². The molecule has 0 radical (unpaired) electrons. The SMILES string of the molecule is [2H]C([2H])([2H])C1=C[C@@H](c2c(O)c(C)c(CCC)c(C)c2O)[C@H](C(=C)C)CC1. The molecule has 2 N–H and O–H groups in total. The van der Waals surface area contributed by atoms with Crippen molar-refractivity contribution in [3.8, 4) is 11.5 Å². The highest BCUT2D eigenvalue weighted by atomic mass is 16.3. The van der Waals surface area contributed by atoms with Gasteiger partial charge in [0.15, 0.2) is 0 Å². The van der Waals surface area contributed by atoms with E-state index in [1.807, 2.05) is 20.8 Å². The molecule has 126 valence electrons.